The first-order valence-corrected chi connectivity index (χ1v) is 7.37. The Morgan fingerprint density at radius 3 is 1.38 bits per heavy atom. The summed E-state index contributed by atoms with van der Waals surface area (Å²) in [4.78, 5) is 16.8. The summed E-state index contributed by atoms with van der Waals surface area (Å²) in [5, 5.41) is 0. The average Bonchev–Trinajstić information content (AvgIpc) is 3.10. The van der Waals surface area contributed by atoms with Crippen LogP contribution in [0.15, 0.2) is 48.5 Å². The number of rotatable bonds is 0. The molecular weight excluding hydrogens is 479 g/mol. The number of hydrogen-bond acceptors (Lipinski definition) is 2. The number of benzene rings is 2. The summed E-state index contributed by atoms with van der Waals surface area (Å²) in [6.45, 7) is 3.81. The number of aromatic nitrogens is 4. The fourth-order valence-electron chi connectivity index (χ4n) is 2.05. The molecule has 4 nitrogen and oxygen atoms in total. The van der Waals surface area contributed by atoms with E-state index in [1.807, 2.05) is 62.4 Å². The van der Waals surface area contributed by atoms with E-state index in [0.717, 1.165) is 33.7 Å². The number of imidazole rings is 2. The molecule has 0 saturated heterocycles. The first-order chi connectivity index (χ1) is 10.7. The Labute approximate surface area is 169 Å². The molecule has 4 aromatic rings. The van der Waals surface area contributed by atoms with Gasteiger partial charge in [0.2, 0.25) is 0 Å². The molecule has 2 aromatic carbocycles. The Bertz CT molecular complexity index is 735. The molecule has 0 aliphatic rings. The Morgan fingerprint density at radius 2 is 1.04 bits per heavy atom. The van der Waals surface area contributed by atoms with Crippen LogP contribution in [0.1, 0.15) is 11.6 Å². The molecule has 7 heteroatoms. The fraction of sp³-hybridized carbons (Fsp3) is 0.118. The van der Waals surface area contributed by atoms with Crippen molar-refractivity contribution in [3.63, 3.8) is 0 Å². The monoisotopic (exact) mass is 494 g/mol. The summed E-state index contributed by atoms with van der Waals surface area (Å²) in [5.41, 5.74) is 6.82. The van der Waals surface area contributed by atoms with Crippen molar-refractivity contribution in [3.8, 4) is 0 Å². The third-order valence-corrected chi connectivity index (χ3v) is 2.89. The number of halogens is 2. The van der Waals surface area contributed by atoms with Crippen LogP contribution in [0.5, 0.6) is 0 Å². The molecule has 132 valence electrons. The van der Waals surface area contributed by atoms with Gasteiger partial charge in [-0.1, -0.05) is 60.2 Å². The molecule has 0 N–H and O–H groups in total. The molecule has 0 saturated carbocycles. The molecule has 0 aliphatic heterocycles. The molecule has 2 heterocycles. The topological polar surface area (TPSA) is 54.0 Å². The van der Waals surface area contributed by atoms with Gasteiger partial charge in [0.1, 0.15) is 0 Å². The van der Waals surface area contributed by atoms with E-state index in [4.69, 9.17) is 0 Å². The van der Waals surface area contributed by atoms with Gasteiger partial charge < -0.3 is 19.9 Å². The normalized spacial score (nSPS) is 9.00. The standard InChI is InChI=1S/2C8H7N2.CH2.2BrH.Ni/c2*1-6-9-7-4-2-3-5-8(7)10-6;;;;/h2*2-5H,1H3;1H2;2*1H;/q2*-1;;;;. The average molecular weight is 497 g/mol. The maximum atomic E-state index is 4.20. The van der Waals surface area contributed by atoms with E-state index in [0.29, 0.717) is 0 Å². The van der Waals surface area contributed by atoms with Crippen LogP contribution in [0.25, 0.3) is 22.1 Å². The van der Waals surface area contributed by atoms with Crippen LogP contribution >= 0.6 is 34.0 Å². The summed E-state index contributed by atoms with van der Waals surface area (Å²) in [6.07, 6.45) is 0. The Kier molecular flexibility index (Phi) is 10.7. The van der Waals surface area contributed by atoms with Crippen molar-refractivity contribution >= 4 is 61.5 Å². The second-order valence-electron chi connectivity index (χ2n) is 4.52. The van der Waals surface area contributed by atoms with Gasteiger partial charge in [-0.25, -0.2) is 0 Å². The van der Waals surface area contributed by atoms with Crippen LogP contribution in [-0.2, 0) is 15.0 Å². The van der Waals surface area contributed by atoms with Crippen LogP contribution in [0, 0.1) is 13.8 Å². The van der Waals surface area contributed by atoms with Crippen LogP contribution in [-0.4, -0.2) is 15.5 Å². The third kappa shape index (κ3) is 5.97. The molecule has 0 unspecified atom stereocenters. The van der Waals surface area contributed by atoms with Crippen molar-refractivity contribution in [2.24, 2.45) is 0 Å². The number of aryl methyl sites for hydroxylation is 2. The van der Waals surface area contributed by atoms with E-state index in [1.54, 1.807) is 0 Å². The van der Waals surface area contributed by atoms with Crippen molar-refractivity contribution < 1.29 is 15.0 Å². The van der Waals surface area contributed by atoms with Crippen molar-refractivity contribution in [2.75, 3.05) is 0 Å². The van der Waals surface area contributed by atoms with E-state index >= 15 is 0 Å². The van der Waals surface area contributed by atoms with Crippen molar-refractivity contribution in [3.05, 3.63) is 60.2 Å². The van der Waals surface area contributed by atoms with Gasteiger partial charge in [-0.3, -0.25) is 0 Å². The van der Waals surface area contributed by atoms with Crippen LogP contribution < -0.4 is 9.97 Å². The number of nitrogens with zero attached hydrogens (tertiary/aromatic N) is 4. The molecule has 0 bridgehead atoms. The van der Waals surface area contributed by atoms with Gasteiger partial charge in [0.25, 0.3) is 0 Å². The molecule has 0 spiro atoms. The molecule has 0 atom stereocenters. The molecule has 0 aliphatic carbocycles. The van der Waals surface area contributed by atoms with Gasteiger partial charge in [0.15, 0.2) is 0 Å². The minimum absolute atomic E-state index is 0. The number of fused-ring (bicyclic) bond motifs is 2. The Hall–Kier alpha value is -1.30. The second kappa shape index (κ2) is 11.3. The summed E-state index contributed by atoms with van der Waals surface area (Å²) in [5.74, 6) is 1.70. The first-order valence-electron chi connectivity index (χ1n) is 6.67. The molecule has 0 amide bonds. The van der Waals surface area contributed by atoms with Gasteiger partial charge in [0.05, 0.1) is 0 Å². The van der Waals surface area contributed by atoms with E-state index in [2.05, 4.69) is 40.5 Å². The van der Waals surface area contributed by atoms with E-state index in [1.165, 1.54) is 0 Å². The van der Waals surface area contributed by atoms with Crippen molar-refractivity contribution in [2.45, 2.75) is 13.8 Å². The molecule has 0 radical (unpaired) electrons. The minimum atomic E-state index is 0. The predicted molar refractivity (Wildman–Crippen MR) is 107 cm³/mol. The van der Waals surface area contributed by atoms with Gasteiger partial charge in [-0.15, -0.1) is 34.0 Å². The number of hydrogen-bond donors (Lipinski definition) is 0. The molecule has 24 heavy (non-hydrogen) atoms. The Morgan fingerprint density at radius 1 is 0.708 bits per heavy atom. The van der Waals surface area contributed by atoms with Gasteiger partial charge in [-0.2, -0.15) is 0 Å². The molecular formula is C17H18Br2N4Ni-2. The van der Waals surface area contributed by atoms with Gasteiger partial charge >= 0.3 is 20.5 Å². The Balaban J connectivity index is 0.000000372. The second-order valence-corrected chi connectivity index (χ2v) is 4.52. The van der Waals surface area contributed by atoms with Crippen molar-refractivity contribution in [1.82, 2.24) is 19.9 Å². The predicted octanol–water partition coefficient (Wildman–Crippen LogP) is 4.12. The quantitative estimate of drug-likeness (QED) is 0.344. The fourth-order valence-corrected chi connectivity index (χ4v) is 2.05. The zero-order chi connectivity index (χ0) is 15.9. The summed E-state index contributed by atoms with van der Waals surface area (Å²) >= 11 is 3.62. The summed E-state index contributed by atoms with van der Waals surface area (Å²) < 4.78 is 0. The molecule has 4 rings (SSSR count). The van der Waals surface area contributed by atoms with Crippen LogP contribution in [0.3, 0.4) is 0 Å². The van der Waals surface area contributed by atoms with E-state index in [9.17, 15) is 0 Å². The summed E-state index contributed by atoms with van der Waals surface area (Å²) in [6, 6.07) is 15.7. The number of para-hydroxylation sites is 4. The van der Waals surface area contributed by atoms with Gasteiger partial charge in [-0.05, 0) is 35.9 Å². The van der Waals surface area contributed by atoms with E-state index < -0.39 is 0 Å². The molecule has 0 fully saturated rings. The van der Waals surface area contributed by atoms with Crippen molar-refractivity contribution in [1.29, 1.82) is 0 Å². The van der Waals surface area contributed by atoms with E-state index in [-0.39, 0.29) is 34.0 Å². The van der Waals surface area contributed by atoms with Gasteiger partial charge in [0, 0.05) is 0 Å². The SMILES string of the molecule is Br.Br.Cc1nc2ccccc2[n-]1.Cc1nc2ccccc2[n-]1.[CH2]=[Ni]. The third-order valence-electron chi connectivity index (χ3n) is 2.89. The van der Waals surface area contributed by atoms with Crippen LogP contribution in [0.2, 0.25) is 0 Å². The summed E-state index contributed by atoms with van der Waals surface area (Å²) in [7, 11) is 0. The first kappa shape index (κ1) is 22.7. The molecule has 2 aromatic heterocycles. The maximum absolute atomic E-state index is 4.20. The zero-order valence-corrected chi connectivity index (χ0v) is 17.7. The zero-order valence-electron chi connectivity index (χ0n) is 13.2. The van der Waals surface area contributed by atoms with Crippen LogP contribution in [0.4, 0.5) is 0 Å².